The highest BCUT2D eigenvalue weighted by Crippen LogP contribution is 2.45. The van der Waals surface area contributed by atoms with E-state index in [4.69, 9.17) is 9.97 Å². The number of aryl methyl sites for hydroxylation is 1. The Morgan fingerprint density at radius 2 is 1.50 bits per heavy atom. The predicted molar refractivity (Wildman–Crippen MR) is 198 cm³/mol. The van der Waals surface area contributed by atoms with Crippen LogP contribution in [0.5, 0.6) is 0 Å². The molecule has 0 unspecified atom stereocenters. The van der Waals surface area contributed by atoms with Gasteiger partial charge in [-0.15, -0.1) is 11.3 Å². The molecule has 0 saturated heterocycles. The van der Waals surface area contributed by atoms with Crippen molar-refractivity contribution in [3.8, 4) is 28.2 Å². The molecule has 3 nitrogen and oxygen atoms in total. The number of fused-ring (bicyclic) bond motifs is 6. The maximum Gasteiger partial charge on any atom is 0.147 e. The van der Waals surface area contributed by atoms with E-state index in [9.17, 15) is 0 Å². The number of rotatable bonds is 4. The van der Waals surface area contributed by atoms with Crippen LogP contribution in [0.1, 0.15) is 57.2 Å². The van der Waals surface area contributed by atoms with Gasteiger partial charge in [0, 0.05) is 31.1 Å². The fraction of sp³-hybridized carbons (Fsp3) is 0.190. The summed E-state index contributed by atoms with van der Waals surface area (Å²) < 4.78 is 5.01. The highest BCUT2D eigenvalue weighted by molar-refractivity contribution is 7.26. The Morgan fingerprint density at radius 3 is 2.28 bits per heavy atom. The third kappa shape index (κ3) is 4.54. The van der Waals surface area contributed by atoms with Crippen LogP contribution in [0.2, 0.25) is 0 Å². The van der Waals surface area contributed by atoms with Crippen molar-refractivity contribution in [2.75, 3.05) is 0 Å². The summed E-state index contributed by atoms with van der Waals surface area (Å²) in [5.41, 5.74) is 11.6. The molecule has 0 N–H and O–H groups in total. The molecule has 0 aliphatic heterocycles. The van der Waals surface area contributed by atoms with Crippen molar-refractivity contribution in [3.63, 3.8) is 0 Å². The van der Waals surface area contributed by atoms with Gasteiger partial charge in [-0.1, -0.05) is 107 Å². The first-order valence-electron chi connectivity index (χ1n) is 16.1. The highest BCUT2D eigenvalue weighted by atomic mass is 32.1. The molecule has 0 radical (unpaired) electrons. The van der Waals surface area contributed by atoms with Crippen LogP contribution in [0.3, 0.4) is 0 Å². The van der Waals surface area contributed by atoms with Crippen LogP contribution < -0.4 is 0 Å². The highest BCUT2D eigenvalue weighted by Gasteiger charge is 2.29. The minimum Gasteiger partial charge on any atom is -0.290 e. The maximum absolute atomic E-state index is 5.56. The lowest BCUT2D eigenvalue weighted by Crippen LogP contribution is -2.18. The van der Waals surface area contributed by atoms with Crippen LogP contribution in [-0.4, -0.2) is 14.5 Å². The lowest BCUT2D eigenvalue weighted by Gasteiger charge is -2.29. The van der Waals surface area contributed by atoms with E-state index in [-0.39, 0.29) is 11.3 Å². The van der Waals surface area contributed by atoms with Gasteiger partial charge in [0.2, 0.25) is 0 Å². The molecule has 0 amide bonds. The molecule has 4 heteroatoms. The van der Waals surface area contributed by atoms with Gasteiger partial charge in [0.1, 0.15) is 11.3 Å². The van der Waals surface area contributed by atoms with Crippen molar-refractivity contribution in [1.29, 1.82) is 0 Å². The molecular weight excluding hydrogens is 579 g/mol. The first-order chi connectivity index (χ1) is 22.2. The minimum absolute atomic E-state index is 0.136. The second-order valence-corrected chi connectivity index (χ2v) is 14.8. The summed E-state index contributed by atoms with van der Waals surface area (Å²) in [6.45, 7) is 13.8. The second-order valence-electron chi connectivity index (χ2n) is 13.8. The number of para-hydroxylation sites is 1. The molecule has 0 aliphatic rings. The Labute approximate surface area is 274 Å². The van der Waals surface area contributed by atoms with Gasteiger partial charge in [0.15, 0.2) is 0 Å². The summed E-state index contributed by atoms with van der Waals surface area (Å²) >= 11 is 1.87. The van der Waals surface area contributed by atoms with E-state index in [2.05, 4.69) is 149 Å². The van der Waals surface area contributed by atoms with Crippen molar-refractivity contribution < 1.29 is 0 Å². The molecule has 8 rings (SSSR count). The Kier molecular flexibility index (Phi) is 6.63. The van der Waals surface area contributed by atoms with Crippen molar-refractivity contribution in [3.05, 3.63) is 126 Å². The Morgan fingerprint density at radius 1 is 0.739 bits per heavy atom. The molecule has 46 heavy (non-hydrogen) atoms. The summed E-state index contributed by atoms with van der Waals surface area (Å²) in [6, 6.07) is 37.4. The van der Waals surface area contributed by atoms with E-state index in [1.807, 2.05) is 17.5 Å². The third-order valence-electron chi connectivity index (χ3n) is 9.19. The standard InChI is InChI=1S/C42H37N3S/c1-25(2)33-22-28(27-13-8-7-9-14-27)23-34(42(4,5)6)39(33)45-36-24-43-35-18-11-10-15-31(35)38(36)44-41(45)32-17-12-16-30-29-20-19-26(3)21-37(29)46-40(30)32/h7-25H,1-6H3. The second kappa shape index (κ2) is 10.6. The number of hydrogen-bond donors (Lipinski definition) is 0. The van der Waals surface area contributed by atoms with Gasteiger partial charge in [-0.05, 0) is 76.4 Å². The van der Waals surface area contributed by atoms with Crippen LogP contribution in [0.4, 0.5) is 0 Å². The Hall–Kier alpha value is -4.80. The molecule has 0 bridgehead atoms. The lowest BCUT2D eigenvalue weighted by molar-refractivity contribution is 0.585. The smallest absolute Gasteiger partial charge is 0.147 e. The Balaban J connectivity index is 1.54. The fourth-order valence-electron chi connectivity index (χ4n) is 6.87. The molecular formula is C42H37N3S. The Bertz CT molecular complexity index is 2440. The van der Waals surface area contributed by atoms with Gasteiger partial charge >= 0.3 is 0 Å². The van der Waals surface area contributed by atoms with Gasteiger partial charge in [0.25, 0.3) is 0 Å². The van der Waals surface area contributed by atoms with Crippen molar-refractivity contribution >= 4 is 53.4 Å². The average Bonchev–Trinajstić information content (AvgIpc) is 3.62. The van der Waals surface area contributed by atoms with Crippen LogP contribution >= 0.6 is 11.3 Å². The molecule has 3 heterocycles. The first kappa shape index (κ1) is 28.7. The molecule has 5 aromatic carbocycles. The van der Waals surface area contributed by atoms with E-state index in [0.717, 1.165) is 33.3 Å². The summed E-state index contributed by atoms with van der Waals surface area (Å²) in [6.07, 6.45) is 2.03. The third-order valence-corrected chi connectivity index (χ3v) is 10.4. The minimum atomic E-state index is -0.136. The van der Waals surface area contributed by atoms with Crippen molar-refractivity contribution in [2.45, 2.75) is 52.9 Å². The van der Waals surface area contributed by atoms with Crippen molar-refractivity contribution in [2.24, 2.45) is 0 Å². The van der Waals surface area contributed by atoms with E-state index in [0.29, 0.717) is 0 Å². The topological polar surface area (TPSA) is 30.7 Å². The molecule has 0 atom stereocenters. The van der Waals surface area contributed by atoms with Crippen LogP contribution in [-0.2, 0) is 5.41 Å². The lowest BCUT2D eigenvalue weighted by atomic mass is 9.80. The summed E-state index contributed by atoms with van der Waals surface area (Å²) in [5, 5.41) is 3.65. The number of imidazole rings is 1. The van der Waals surface area contributed by atoms with Gasteiger partial charge in [-0.2, -0.15) is 0 Å². The maximum atomic E-state index is 5.56. The normalized spacial score (nSPS) is 12.3. The van der Waals surface area contributed by atoms with Crippen molar-refractivity contribution in [1.82, 2.24) is 14.5 Å². The van der Waals surface area contributed by atoms with E-state index in [1.165, 1.54) is 53.7 Å². The average molecular weight is 616 g/mol. The van der Waals surface area contributed by atoms with Gasteiger partial charge in [0.05, 0.1) is 22.9 Å². The number of hydrogen-bond acceptors (Lipinski definition) is 3. The SMILES string of the molecule is Cc1ccc2c(c1)sc1c(-c3nc4c5ccccc5ncc4n3-c3c(C(C)C)cc(-c4ccccc4)cc3C(C)(C)C)cccc12. The molecule has 3 aromatic heterocycles. The fourth-order valence-corrected chi connectivity index (χ4v) is 8.18. The van der Waals surface area contributed by atoms with Crippen LogP contribution in [0, 0.1) is 6.92 Å². The molecule has 0 spiro atoms. The summed E-state index contributed by atoms with van der Waals surface area (Å²) in [7, 11) is 0. The van der Waals surface area contributed by atoms with Gasteiger partial charge < -0.3 is 0 Å². The summed E-state index contributed by atoms with van der Waals surface area (Å²) in [4.78, 5) is 10.5. The molecule has 226 valence electrons. The number of thiophene rings is 1. The van der Waals surface area contributed by atoms with E-state index < -0.39 is 0 Å². The zero-order chi connectivity index (χ0) is 31.7. The quantitative estimate of drug-likeness (QED) is 0.197. The van der Waals surface area contributed by atoms with Crippen LogP contribution in [0.15, 0.2) is 109 Å². The van der Waals surface area contributed by atoms with Crippen LogP contribution in [0.25, 0.3) is 70.3 Å². The monoisotopic (exact) mass is 615 g/mol. The predicted octanol–water partition coefficient (Wildman–Crippen LogP) is 12.0. The van der Waals surface area contributed by atoms with Gasteiger partial charge in [-0.3, -0.25) is 9.55 Å². The zero-order valence-corrected chi connectivity index (χ0v) is 28.0. The first-order valence-corrected chi connectivity index (χ1v) is 16.9. The molecule has 0 fully saturated rings. The number of aromatic nitrogens is 3. The molecule has 8 aromatic rings. The number of pyridine rings is 1. The molecule has 0 saturated carbocycles. The zero-order valence-electron chi connectivity index (χ0n) is 27.2. The van der Waals surface area contributed by atoms with Gasteiger partial charge in [-0.25, -0.2) is 4.98 Å². The van der Waals surface area contributed by atoms with E-state index in [1.54, 1.807) is 0 Å². The summed E-state index contributed by atoms with van der Waals surface area (Å²) in [5.74, 6) is 1.24. The van der Waals surface area contributed by atoms with E-state index >= 15 is 0 Å². The molecule has 0 aliphatic carbocycles. The number of nitrogens with zero attached hydrogens (tertiary/aromatic N) is 3. The largest absolute Gasteiger partial charge is 0.290 e. The number of benzene rings is 5.